The Bertz CT molecular complexity index is 1050. The van der Waals surface area contributed by atoms with Crippen LogP contribution in [0.1, 0.15) is 124 Å². The summed E-state index contributed by atoms with van der Waals surface area (Å²) in [5, 5.41) is 0.00715. The highest BCUT2D eigenvalue weighted by Crippen LogP contribution is 2.35. The fraction of sp³-hybridized carbons (Fsp3) is 0.676. The second kappa shape index (κ2) is 15.6. The zero-order valence-electron chi connectivity index (χ0n) is 28.8. The van der Waals surface area contributed by atoms with Crippen LogP contribution >= 0.6 is 9.24 Å². The van der Waals surface area contributed by atoms with Crippen molar-refractivity contribution in [2.75, 3.05) is 26.4 Å². The number of hydrogen-bond acceptors (Lipinski definition) is 4. The summed E-state index contributed by atoms with van der Waals surface area (Å²) in [7, 11) is 2.94. The molecule has 3 unspecified atom stereocenters. The van der Waals surface area contributed by atoms with Crippen molar-refractivity contribution in [2.45, 2.75) is 130 Å². The minimum absolute atomic E-state index is 0.00715. The first-order valence-electron chi connectivity index (χ1n) is 15.8. The molecule has 0 aromatic heterocycles. The van der Waals surface area contributed by atoms with Gasteiger partial charge in [0.25, 0.3) is 0 Å². The van der Waals surface area contributed by atoms with E-state index < -0.39 is 0 Å². The molecule has 0 N–H and O–H groups in total. The largest absolute Gasteiger partial charge is 0.378 e. The molecular weight excluding hydrogens is 539 g/mol. The second-order valence-electron chi connectivity index (χ2n) is 14.7. The zero-order valence-corrected chi connectivity index (χ0v) is 30.0. The van der Waals surface area contributed by atoms with Crippen molar-refractivity contribution in [1.82, 2.24) is 0 Å². The Kier molecular flexibility index (Phi) is 13.7. The summed E-state index contributed by atoms with van der Waals surface area (Å²) in [6, 6.07) is 17.9. The standard InChI is InChI=1S/C37H61O4P/c1-27(2)39-25-34(6,7)21-23-38-29(5)30-13-15-31(16-14-30)35(8,9)32-17-19-33(20-18-32)36(10,11)41-24-22-37(12,42)26-40-28(3)4/h13-20,27-29H,21-26,42H2,1-12H3. The van der Waals surface area contributed by atoms with E-state index in [0.717, 1.165) is 26.1 Å². The molecule has 0 aliphatic rings. The van der Waals surface area contributed by atoms with Gasteiger partial charge in [-0.25, -0.2) is 0 Å². The van der Waals surface area contributed by atoms with Gasteiger partial charge in [0.15, 0.2) is 0 Å². The van der Waals surface area contributed by atoms with Crippen molar-refractivity contribution in [2.24, 2.45) is 5.41 Å². The van der Waals surface area contributed by atoms with Gasteiger partial charge in [-0.1, -0.05) is 83.1 Å². The third-order valence-corrected chi connectivity index (χ3v) is 8.70. The number of benzene rings is 2. The summed E-state index contributed by atoms with van der Waals surface area (Å²) in [5.41, 5.74) is 4.59. The molecule has 2 aromatic carbocycles. The molecule has 42 heavy (non-hydrogen) atoms. The van der Waals surface area contributed by atoms with E-state index in [2.05, 4.69) is 141 Å². The predicted molar refractivity (Wildman–Crippen MR) is 182 cm³/mol. The number of rotatable bonds is 18. The van der Waals surface area contributed by atoms with Crippen LogP contribution in [0.4, 0.5) is 0 Å². The van der Waals surface area contributed by atoms with Crippen molar-refractivity contribution in [1.29, 1.82) is 0 Å². The van der Waals surface area contributed by atoms with Crippen molar-refractivity contribution in [3.8, 4) is 0 Å². The Hall–Kier alpha value is -1.29. The lowest BCUT2D eigenvalue weighted by Gasteiger charge is -2.31. The smallest absolute Gasteiger partial charge is 0.0875 e. The third kappa shape index (κ3) is 12.0. The Balaban J connectivity index is 1.97. The Morgan fingerprint density at radius 2 is 1.07 bits per heavy atom. The van der Waals surface area contributed by atoms with Gasteiger partial charge < -0.3 is 18.9 Å². The topological polar surface area (TPSA) is 36.9 Å². The molecule has 0 heterocycles. The Morgan fingerprint density at radius 1 is 0.595 bits per heavy atom. The molecule has 0 radical (unpaired) electrons. The van der Waals surface area contributed by atoms with Gasteiger partial charge in [-0.2, -0.15) is 0 Å². The molecule has 2 aromatic rings. The number of hydrogen-bond donors (Lipinski definition) is 0. The Labute approximate surface area is 260 Å². The van der Waals surface area contributed by atoms with Crippen LogP contribution in [-0.4, -0.2) is 43.8 Å². The molecule has 0 fully saturated rings. The second-order valence-corrected chi connectivity index (χ2v) is 16.1. The van der Waals surface area contributed by atoms with Crippen molar-refractivity contribution >= 4 is 9.24 Å². The third-order valence-electron chi connectivity index (χ3n) is 8.24. The lowest BCUT2D eigenvalue weighted by Crippen LogP contribution is -2.30. The van der Waals surface area contributed by atoms with Crippen LogP contribution < -0.4 is 0 Å². The van der Waals surface area contributed by atoms with Gasteiger partial charge in [-0.15, -0.1) is 9.24 Å². The van der Waals surface area contributed by atoms with Crippen LogP contribution in [0.15, 0.2) is 48.5 Å². The summed E-state index contributed by atoms with van der Waals surface area (Å²) in [4.78, 5) is 0. The van der Waals surface area contributed by atoms with Gasteiger partial charge in [0, 0.05) is 23.8 Å². The van der Waals surface area contributed by atoms with Gasteiger partial charge in [0.2, 0.25) is 0 Å². The van der Waals surface area contributed by atoms with E-state index in [1.807, 2.05) is 0 Å². The molecule has 2 rings (SSSR count). The Morgan fingerprint density at radius 3 is 1.60 bits per heavy atom. The van der Waals surface area contributed by atoms with Crippen molar-refractivity contribution in [3.05, 3.63) is 70.8 Å². The highest BCUT2D eigenvalue weighted by atomic mass is 31.0. The molecule has 4 nitrogen and oxygen atoms in total. The first-order chi connectivity index (χ1) is 19.3. The normalized spacial score (nSPS) is 15.3. The molecule has 238 valence electrons. The SMILES string of the molecule is CC(C)OCC(C)(C)CCOC(C)c1ccc(C(C)(C)c2ccc(C(C)(C)OCCC(C)(P)COC(C)C)cc2)cc1. The van der Waals surface area contributed by atoms with E-state index in [1.165, 1.54) is 22.3 Å². The van der Waals surface area contributed by atoms with Crippen molar-refractivity contribution in [3.63, 3.8) is 0 Å². The summed E-state index contributed by atoms with van der Waals surface area (Å²) in [5.74, 6) is 0. The summed E-state index contributed by atoms with van der Waals surface area (Å²) < 4.78 is 24.3. The maximum absolute atomic E-state index is 6.38. The van der Waals surface area contributed by atoms with Crippen LogP contribution in [0.25, 0.3) is 0 Å². The molecule has 0 amide bonds. The zero-order chi connectivity index (χ0) is 31.8. The summed E-state index contributed by atoms with van der Waals surface area (Å²) in [6.45, 7) is 28.9. The van der Waals surface area contributed by atoms with Crippen LogP contribution in [0, 0.1) is 5.41 Å². The quantitative estimate of drug-likeness (QED) is 0.160. The fourth-order valence-electron chi connectivity index (χ4n) is 4.75. The summed E-state index contributed by atoms with van der Waals surface area (Å²) >= 11 is 0. The maximum atomic E-state index is 6.38. The van der Waals surface area contributed by atoms with Gasteiger partial charge in [-0.05, 0) is 89.0 Å². The molecule has 0 saturated heterocycles. The van der Waals surface area contributed by atoms with Crippen molar-refractivity contribution < 1.29 is 18.9 Å². The molecule has 0 aliphatic heterocycles. The van der Waals surface area contributed by atoms with Gasteiger partial charge in [0.1, 0.15) is 0 Å². The molecule has 5 heteroatoms. The van der Waals surface area contributed by atoms with E-state index >= 15 is 0 Å². The first kappa shape index (κ1) is 36.9. The van der Waals surface area contributed by atoms with Crippen LogP contribution in [0.2, 0.25) is 0 Å². The molecule has 0 saturated carbocycles. The van der Waals surface area contributed by atoms with Gasteiger partial charge in [0.05, 0.1) is 37.1 Å². The van der Waals surface area contributed by atoms with E-state index in [1.54, 1.807) is 0 Å². The van der Waals surface area contributed by atoms with E-state index in [-0.39, 0.29) is 39.9 Å². The molecule has 3 atom stereocenters. The van der Waals surface area contributed by atoms with Crippen LogP contribution in [0.5, 0.6) is 0 Å². The van der Waals surface area contributed by atoms with E-state index in [4.69, 9.17) is 18.9 Å². The van der Waals surface area contributed by atoms with Gasteiger partial charge >= 0.3 is 0 Å². The first-order valence-corrected chi connectivity index (χ1v) is 16.4. The lowest BCUT2D eigenvalue weighted by molar-refractivity contribution is -0.0306. The fourth-order valence-corrected chi connectivity index (χ4v) is 4.96. The highest BCUT2D eigenvalue weighted by molar-refractivity contribution is 7.18. The molecular formula is C37H61O4P. The van der Waals surface area contributed by atoms with E-state index in [0.29, 0.717) is 13.2 Å². The summed E-state index contributed by atoms with van der Waals surface area (Å²) in [6.07, 6.45) is 2.44. The predicted octanol–water partition coefficient (Wildman–Crippen LogP) is 9.63. The minimum atomic E-state index is -0.364. The average molecular weight is 601 g/mol. The highest BCUT2D eigenvalue weighted by Gasteiger charge is 2.27. The van der Waals surface area contributed by atoms with Gasteiger partial charge in [-0.3, -0.25) is 0 Å². The molecule has 0 spiro atoms. The number of ether oxygens (including phenoxy) is 4. The average Bonchev–Trinajstić information content (AvgIpc) is 2.90. The monoisotopic (exact) mass is 600 g/mol. The van der Waals surface area contributed by atoms with E-state index in [9.17, 15) is 0 Å². The molecule has 0 bridgehead atoms. The molecule has 0 aliphatic carbocycles. The van der Waals surface area contributed by atoms with Crippen LogP contribution in [-0.2, 0) is 30.0 Å². The lowest BCUT2D eigenvalue weighted by atomic mass is 9.77. The minimum Gasteiger partial charge on any atom is -0.378 e. The van der Waals surface area contributed by atoms with Crippen LogP contribution in [0.3, 0.4) is 0 Å². The maximum Gasteiger partial charge on any atom is 0.0875 e.